The van der Waals surface area contributed by atoms with Gasteiger partial charge in [0.25, 0.3) is 0 Å². The zero-order valence-electron chi connectivity index (χ0n) is 8.75. The average molecular weight is 297 g/mol. The molecular weight excluding hydrogens is 281 g/mol. The van der Waals surface area contributed by atoms with E-state index in [1.165, 1.54) is 0 Å². The third-order valence-corrected chi connectivity index (χ3v) is 2.39. The summed E-state index contributed by atoms with van der Waals surface area (Å²) >= 11 is 3.41. The van der Waals surface area contributed by atoms with Crippen molar-refractivity contribution in [3.8, 4) is 11.5 Å². The second kappa shape index (κ2) is 6.93. The Labute approximate surface area is 104 Å². The van der Waals surface area contributed by atoms with Crippen LogP contribution in [-0.2, 0) is 6.42 Å². The zero-order chi connectivity index (χ0) is 10.6. The molecule has 0 saturated carbocycles. The Morgan fingerprint density at radius 3 is 2.40 bits per heavy atom. The van der Waals surface area contributed by atoms with Crippen LogP contribution in [0.4, 0.5) is 0 Å². The first-order chi connectivity index (χ1) is 6.72. The highest BCUT2D eigenvalue weighted by Gasteiger charge is 2.10. The molecule has 0 bridgehead atoms. The first-order valence-corrected chi connectivity index (χ1v) is 5.12. The maximum atomic E-state index is 5.51. The summed E-state index contributed by atoms with van der Waals surface area (Å²) in [5.74, 6) is 1.49. The molecule has 3 nitrogen and oxygen atoms in total. The van der Waals surface area contributed by atoms with E-state index in [0.717, 1.165) is 28.0 Å². The standard InChI is InChI=1S/C10H14BrNO2.ClH/c1-13-9-6-8(11)5-7(3-4-12)10(9)14-2;/h5-6H,3-4,12H2,1-2H3;1H. The molecule has 0 unspecified atom stereocenters. The lowest BCUT2D eigenvalue weighted by Gasteiger charge is -2.12. The van der Waals surface area contributed by atoms with Crippen molar-refractivity contribution in [3.63, 3.8) is 0 Å². The summed E-state index contributed by atoms with van der Waals surface area (Å²) in [6.07, 6.45) is 0.777. The molecule has 0 fully saturated rings. The summed E-state index contributed by atoms with van der Waals surface area (Å²) in [5.41, 5.74) is 6.57. The van der Waals surface area contributed by atoms with Gasteiger partial charge in [0.2, 0.25) is 0 Å². The second-order valence-electron chi connectivity index (χ2n) is 2.84. The van der Waals surface area contributed by atoms with Gasteiger partial charge in [-0.3, -0.25) is 0 Å². The van der Waals surface area contributed by atoms with Crippen molar-refractivity contribution in [2.75, 3.05) is 20.8 Å². The Hall–Kier alpha value is -0.450. The molecule has 0 aromatic heterocycles. The highest BCUT2D eigenvalue weighted by Crippen LogP contribution is 2.34. The van der Waals surface area contributed by atoms with Gasteiger partial charge in [-0.15, -0.1) is 12.4 Å². The second-order valence-corrected chi connectivity index (χ2v) is 3.75. The minimum atomic E-state index is 0. The fourth-order valence-corrected chi connectivity index (χ4v) is 1.83. The van der Waals surface area contributed by atoms with Gasteiger partial charge in [0.05, 0.1) is 14.2 Å². The van der Waals surface area contributed by atoms with Crippen LogP contribution in [0.1, 0.15) is 5.56 Å². The first-order valence-electron chi connectivity index (χ1n) is 4.33. The summed E-state index contributed by atoms with van der Waals surface area (Å²) in [6.45, 7) is 0.593. The number of methoxy groups -OCH3 is 2. The van der Waals surface area contributed by atoms with Crippen molar-refractivity contribution in [2.24, 2.45) is 5.73 Å². The van der Waals surface area contributed by atoms with Gasteiger partial charge in [0, 0.05) is 10.0 Å². The first kappa shape index (κ1) is 14.6. The van der Waals surface area contributed by atoms with Gasteiger partial charge < -0.3 is 15.2 Å². The molecule has 5 heteroatoms. The lowest BCUT2D eigenvalue weighted by Crippen LogP contribution is -2.05. The van der Waals surface area contributed by atoms with Gasteiger partial charge in [-0.1, -0.05) is 15.9 Å². The van der Waals surface area contributed by atoms with E-state index >= 15 is 0 Å². The number of ether oxygens (including phenoxy) is 2. The molecule has 1 rings (SSSR count). The number of halogens is 2. The predicted molar refractivity (Wildman–Crippen MR) is 67.3 cm³/mol. The minimum absolute atomic E-state index is 0. The summed E-state index contributed by atoms with van der Waals surface area (Å²) in [6, 6.07) is 3.87. The molecule has 0 saturated heterocycles. The highest BCUT2D eigenvalue weighted by atomic mass is 79.9. The van der Waals surface area contributed by atoms with Crippen LogP contribution in [0.15, 0.2) is 16.6 Å². The van der Waals surface area contributed by atoms with E-state index in [9.17, 15) is 0 Å². The number of hydrogen-bond donors (Lipinski definition) is 1. The van der Waals surface area contributed by atoms with Crippen molar-refractivity contribution in [1.82, 2.24) is 0 Å². The molecular formula is C10H15BrClNO2. The van der Waals surface area contributed by atoms with Gasteiger partial charge in [-0.25, -0.2) is 0 Å². The number of rotatable bonds is 4. The highest BCUT2D eigenvalue weighted by molar-refractivity contribution is 9.10. The third-order valence-electron chi connectivity index (χ3n) is 1.93. The number of nitrogens with two attached hydrogens (primary N) is 1. The zero-order valence-corrected chi connectivity index (χ0v) is 11.2. The van der Waals surface area contributed by atoms with Crippen molar-refractivity contribution < 1.29 is 9.47 Å². The maximum Gasteiger partial charge on any atom is 0.164 e. The fraction of sp³-hybridized carbons (Fsp3) is 0.400. The van der Waals surface area contributed by atoms with Crippen LogP contribution in [0.5, 0.6) is 11.5 Å². The normalized spacial score (nSPS) is 9.33. The van der Waals surface area contributed by atoms with E-state index in [1.807, 2.05) is 12.1 Å². The van der Waals surface area contributed by atoms with E-state index in [0.29, 0.717) is 6.54 Å². The minimum Gasteiger partial charge on any atom is -0.493 e. The molecule has 0 aliphatic carbocycles. The van der Waals surface area contributed by atoms with E-state index in [4.69, 9.17) is 15.2 Å². The molecule has 0 aliphatic rings. The Bertz CT molecular complexity index is 321. The largest absolute Gasteiger partial charge is 0.493 e. The Morgan fingerprint density at radius 2 is 1.93 bits per heavy atom. The van der Waals surface area contributed by atoms with Crippen molar-refractivity contribution in [1.29, 1.82) is 0 Å². The van der Waals surface area contributed by atoms with E-state index in [-0.39, 0.29) is 12.4 Å². The molecule has 0 heterocycles. The molecule has 1 aromatic carbocycles. The van der Waals surface area contributed by atoms with Gasteiger partial charge in [-0.2, -0.15) is 0 Å². The molecule has 0 spiro atoms. The molecule has 0 aliphatic heterocycles. The van der Waals surface area contributed by atoms with Gasteiger partial charge in [0.15, 0.2) is 11.5 Å². The van der Waals surface area contributed by atoms with Crippen molar-refractivity contribution in [3.05, 3.63) is 22.2 Å². The lowest BCUT2D eigenvalue weighted by atomic mass is 10.1. The number of hydrogen-bond acceptors (Lipinski definition) is 3. The molecule has 15 heavy (non-hydrogen) atoms. The van der Waals surface area contributed by atoms with Crippen LogP contribution < -0.4 is 15.2 Å². The molecule has 1 aromatic rings. The average Bonchev–Trinajstić information content (AvgIpc) is 2.17. The van der Waals surface area contributed by atoms with Crippen LogP contribution in [0.3, 0.4) is 0 Å². The van der Waals surface area contributed by atoms with Crippen LogP contribution in [-0.4, -0.2) is 20.8 Å². The molecule has 0 atom stereocenters. The molecule has 86 valence electrons. The molecule has 2 N–H and O–H groups in total. The van der Waals surface area contributed by atoms with Crippen molar-refractivity contribution >= 4 is 28.3 Å². The van der Waals surface area contributed by atoms with E-state index < -0.39 is 0 Å². The lowest BCUT2D eigenvalue weighted by molar-refractivity contribution is 0.351. The van der Waals surface area contributed by atoms with Crippen LogP contribution in [0.25, 0.3) is 0 Å². The maximum absolute atomic E-state index is 5.51. The summed E-state index contributed by atoms with van der Waals surface area (Å²) in [5, 5.41) is 0. The van der Waals surface area contributed by atoms with Gasteiger partial charge in [0.1, 0.15) is 0 Å². The van der Waals surface area contributed by atoms with E-state index in [1.54, 1.807) is 14.2 Å². The number of benzene rings is 1. The van der Waals surface area contributed by atoms with Gasteiger partial charge in [-0.05, 0) is 25.1 Å². The van der Waals surface area contributed by atoms with Gasteiger partial charge >= 0.3 is 0 Å². The Morgan fingerprint density at radius 1 is 1.27 bits per heavy atom. The van der Waals surface area contributed by atoms with E-state index in [2.05, 4.69) is 15.9 Å². The molecule has 0 amide bonds. The fourth-order valence-electron chi connectivity index (χ4n) is 1.35. The van der Waals surface area contributed by atoms with Crippen molar-refractivity contribution in [2.45, 2.75) is 6.42 Å². The third kappa shape index (κ3) is 3.55. The smallest absolute Gasteiger partial charge is 0.164 e. The quantitative estimate of drug-likeness (QED) is 0.928. The van der Waals surface area contributed by atoms with Crippen LogP contribution in [0.2, 0.25) is 0 Å². The Balaban J connectivity index is 0.00000196. The SMILES string of the molecule is COc1cc(Br)cc(CCN)c1OC.Cl. The molecule has 0 radical (unpaired) electrons. The topological polar surface area (TPSA) is 44.5 Å². The predicted octanol–water partition coefficient (Wildman–Crippen LogP) is 2.39. The summed E-state index contributed by atoms with van der Waals surface area (Å²) in [7, 11) is 3.25. The van der Waals surface area contributed by atoms with Crippen LogP contribution >= 0.6 is 28.3 Å². The monoisotopic (exact) mass is 295 g/mol. The Kier molecular flexibility index (Phi) is 6.72. The summed E-state index contributed by atoms with van der Waals surface area (Å²) in [4.78, 5) is 0. The van der Waals surface area contributed by atoms with Crippen LogP contribution in [0, 0.1) is 0 Å². The summed E-state index contributed by atoms with van der Waals surface area (Å²) < 4.78 is 11.5.